The Morgan fingerprint density at radius 1 is 1.33 bits per heavy atom. The Bertz CT molecular complexity index is 1220. The van der Waals surface area contributed by atoms with Crippen molar-refractivity contribution in [3.8, 4) is 17.1 Å². The van der Waals surface area contributed by atoms with Gasteiger partial charge < -0.3 is 19.1 Å². The van der Waals surface area contributed by atoms with Gasteiger partial charge >= 0.3 is 13.3 Å². The number of methoxy groups -OCH3 is 1. The number of imidazole rings is 1. The highest BCUT2D eigenvalue weighted by Gasteiger charge is 2.25. The van der Waals surface area contributed by atoms with E-state index in [0.29, 0.717) is 28.4 Å². The molecule has 0 spiro atoms. The van der Waals surface area contributed by atoms with Gasteiger partial charge in [0.1, 0.15) is 5.82 Å². The molecule has 3 aromatic rings. The third kappa shape index (κ3) is 3.97. The van der Waals surface area contributed by atoms with E-state index in [0.717, 1.165) is 13.2 Å². The van der Waals surface area contributed by atoms with Crippen LogP contribution < -0.4 is 15.7 Å². The molecule has 0 radical (unpaired) electrons. The van der Waals surface area contributed by atoms with E-state index in [-0.39, 0.29) is 12.4 Å². The van der Waals surface area contributed by atoms with Crippen molar-refractivity contribution in [3.63, 3.8) is 0 Å². The summed E-state index contributed by atoms with van der Waals surface area (Å²) in [7, 11) is -1.74. The highest BCUT2D eigenvalue weighted by Crippen LogP contribution is 2.40. The highest BCUT2D eigenvalue weighted by molar-refractivity contribution is 7.61. The fourth-order valence-corrected chi connectivity index (χ4v) is 3.89. The lowest BCUT2D eigenvalue weighted by Crippen LogP contribution is -2.19. The standard InChI is InChI=1S/C19H20FN4O5P/c1-11-17(13-6-8-16(28-3)23-18(13)21-2)24(19(25)22-11)10-12-5-7-15(14(20)9-12)30(26,27)29-4/h5-9H,2,10H2,1,3-4H3,(H,22,25)(H,26,27). The molecule has 0 aliphatic heterocycles. The number of nitrogens with one attached hydrogen (secondary N) is 1. The molecule has 2 aromatic heterocycles. The fraction of sp³-hybridized carbons (Fsp3) is 0.211. The van der Waals surface area contributed by atoms with Crippen molar-refractivity contribution >= 4 is 25.4 Å². The van der Waals surface area contributed by atoms with E-state index in [1.165, 1.54) is 23.8 Å². The molecular formula is C19H20FN4O5P. The van der Waals surface area contributed by atoms with Crippen LogP contribution >= 0.6 is 7.60 Å². The molecule has 1 atom stereocenters. The second-order valence-electron chi connectivity index (χ2n) is 6.36. The quantitative estimate of drug-likeness (QED) is 0.436. The Balaban J connectivity index is 2.08. The van der Waals surface area contributed by atoms with Crippen molar-refractivity contribution in [3.05, 3.63) is 57.9 Å². The smallest absolute Gasteiger partial charge is 0.361 e. The van der Waals surface area contributed by atoms with Gasteiger partial charge in [0.15, 0.2) is 5.82 Å². The van der Waals surface area contributed by atoms with Gasteiger partial charge in [0.25, 0.3) is 0 Å². The molecule has 30 heavy (non-hydrogen) atoms. The van der Waals surface area contributed by atoms with Crippen molar-refractivity contribution < 1.29 is 23.1 Å². The number of aliphatic imine (C=N–C) groups is 1. The second kappa shape index (κ2) is 8.35. The molecule has 11 heteroatoms. The minimum absolute atomic E-state index is 0.00102. The molecule has 0 amide bonds. The van der Waals surface area contributed by atoms with Crippen molar-refractivity contribution in [2.45, 2.75) is 13.5 Å². The van der Waals surface area contributed by atoms with Gasteiger partial charge in [-0.05, 0) is 37.4 Å². The van der Waals surface area contributed by atoms with Crippen molar-refractivity contribution in [1.29, 1.82) is 0 Å². The molecule has 0 saturated heterocycles. The van der Waals surface area contributed by atoms with E-state index in [4.69, 9.17) is 4.74 Å². The molecule has 3 rings (SSSR count). The maximum Gasteiger partial charge on any atom is 0.361 e. The van der Waals surface area contributed by atoms with Gasteiger partial charge in [0, 0.05) is 24.4 Å². The molecular weight excluding hydrogens is 414 g/mol. The molecule has 0 aliphatic carbocycles. The molecule has 1 unspecified atom stereocenters. The summed E-state index contributed by atoms with van der Waals surface area (Å²) in [6.07, 6.45) is 0. The topological polar surface area (TPSA) is 119 Å². The zero-order valence-corrected chi connectivity index (χ0v) is 17.4. The van der Waals surface area contributed by atoms with E-state index >= 15 is 0 Å². The average molecular weight is 434 g/mol. The van der Waals surface area contributed by atoms with E-state index in [9.17, 15) is 18.6 Å². The van der Waals surface area contributed by atoms with Gasteiger partial charge in [0.05, 0.1) is 24.7 Å². The van der Waals surface area contributed by atoms with Gasteiger partial charge in [0.2, 0.25) is 5.88 Å². The predicted octanol–water partition coefficient (Wildman–Crippen LogP) is 2.53. The van der Waals surface area contributed by atoms with E-state index < -0.39 is 24.4 Å². The second-order valence-corrected chi connectivity index (χ2v) is 8.25. The molecule has 0 fully saturated rings. The Labute approximate surface area is 171 Å². The van der Waals surface area contributed by atoms with E-state index in [1.807, 2.05) is 0 Å². The highest BCUT2D eigenvalue weighted by atomic mass is 31.2. The molecule has 0 aliphatic rings. The van der Waals surface area contributed by atoms with Crippen LogP contribution in [-0.2, 0) is 15.6 Å². The number of aromatic amines is 1. The molecule has 2 heterocycles. The monoisotopic (exact) mass is 434 g/mol. The number of halogens is 1. The molecule has 158 valence electrons. The summed E-state index contributed by atoms with van der Waals surface area (Å²) in [5.74, 6) is -0.290. The number of hydrogen-bond acceptors (Lipinski definition) is 6. The van der Waals surface area contributed by atoms with Crippen molar-refractivity contribution in [1.82, 2.24) is 14.5 Å². The van der Waals surface area contributed by atoms with Crippen LogP contribution in [0, 0.1) is 12.7 Å². The fourth-order valence-electron chi connectivity index (χ4n) is 3.10. The Morgan fingerprint density at radius 2 is 2.07 bits per heavy atom. The molecule has 0 bridgehead atoms. The summed E-state index contributed by atoms with van der Waals surface area (Å²) in [6.45, 7) is 5.24. The van der Waals surface area contributed by atoms with Crippen LogP contribution in [0.4, 0.5) is 10.2 Å². The van der Waals surface area contributed by atoms with Crippen LogP contribution in [0.1, 0.15) is 11.3 Å². The van der Waals surface area contributed by atoms with Crippen molar-refractivity contribution in [2.24, 2.45) is 4.99 Å². The predicted molar refractivity (Wildman–Crippen MR) is 111 cm³/mol. The molecule has 9 nitrogen and oxygen atoms in total. The van der Waals surface area contributed by atoms with Gasteiger partial charge in [-0.2, -0.15) is 4.98 Å². The molecule has 1 aromatic carbocycles. The SMILES string of the molecule is C=Nc1nc(OC)ccc1-c1c(C)[nH]c(=O)n1Cc1ccc(P(=O)(O)OC)c(F)c1. The Hall–Kier alpha value is -3.07. The van der Waals surface area contributed by atoms with Crippen molar-refractivity contribution in [2.75, 3.05) is 14.2 Å². The van der Waals surface area contributed by atoms with Crippen LogP contribution in [0.5, 0.6) is 5.88 Å². The van der Waals surface area contributed by atoms with Crippen LogP contribution in [-0.4, -0.2) is 40.4 Å². The number of pyridine rings is 1. The summed E-state index contributed by atoms with van der Waals surface area (Å²) in [6, 6.07) is 7.05. The van der Waals surface area contributed by atoms with E-state index in [1.54, 1.807) is 19.1 Å². The average Bonchev–Trinajstić information content (AvgIpc) is 3.00. The maximum atomic E-state index is 14.4. The minimum Gasteiger partial charge on any atom is -0.481 e. The third-order valence-corrected chi connectivity index (χ3v) is 6.00. The maximum absolute atomic E-state index is 14.4. The number of benzene rings is 1. The van der Waals surface area contributed by atoms with Crippen LogP contribution in [0.2, 0.25) is 0 Å². The summed E-state index contributed by atoms with van der Waals surface area (Å²) < 4.78 is 37.3. The number of hydrogen-bond donors (Lipinski definition) is 2. The summed E-state index contributed by atoms with van der Waals surface area (Å²) >= 11 is 0. The van der Waals surface area contributed by atoms with Gasteiger partial charge in [-0.3, -0.25) is 9.13 Å². The zero-order chi connectivity index (χ0) is 22.1. The first kappa shape index (κ1) is 21.6. The first-order valence-electron chi connectivity index (χ1n) is 8.71. The Kier molecular flexibility index (Phi) is 6.02. The number of ether oxygens (including phenoxy) is 1. The zero-order valence-electron chi connectivity index (χ0n) is 16.5. The lowest BCUT2D eigenvalue weighted by Gasteiger charge is -2.13. The summed E-state index contributed by atoms with van der Waals surface area (Å²) in [5, 5.41) is -0.441. The van der Waals surface area contributed by atoms with E-state index in [2.05, 4.69) is 26.2 Å². The first-order chi connectivity index (χ1) is 14.2. The van der Waals surface area contributed by atoms with Gasteiger partial charge in [-0.15, -0.1) is 0 Å². The Morgan fingerprint density at radius 3 is 2.67 bits per heavy atom. The number of aromatic nitrogens is 3. The van der Waals surface area contributed by atoms with Gasteiger partial charge in [-0.1, -0.05) is 6.07 Å². The first-order valence-corrected chi connectivity index (χ1v) is 10.3. The van der Waals surface area contributed by atoms with Gasteiger partial charge in [-0.25, -0.2) is 14.2 Å². The van der Waals surface area contributed by atoms with Crippen LogP contribution in [0.15, 0.2) is 40.1 Å². The summed E-state index contributed by atoms with van der Waals surface area (Å²) in [4.78, 5) is 33.1. The minimum atomic E-state index is -4.24. The largest absolute Gasteiger partial charge is 0.481 e. The van der Waals surface area contributed by atoms with Crippen LogP contribution in [0.3, 0.4) is 0 Å². The number of nitrogens with zero attached hydrogens (tertiary/aromatic N) is 3. The van der Waals surface area contributed by atoms with Crippen LogP contribution in [0.25, 0.3) is 11.3 Å². The summed E-state index contributed by atoms with van der Waals surface area (Å²) in [5.41, 5.74) is 1.60. The lowest BCUT2D eigenvalue weighted by molar-refractivity contribution is 0.327. The number of aryl methyl sites for hydroxylation is 1. The number of H-pyrrole nitrogens is 1. The molecule has 0 saturated carbocycles. The molecule has 2 N–H and O–H groups in total. The lowest BCUT2D eigenvalue weighted by atomic mass is 10.1. The number of rotatable bonds is 7. The normalized spacial score (nSPS) is 13.1. The third-order valence-electron chi connectivity index (χ3n) is 4.53.